The molecule has 16 heavy (non-hydrogen) atoms. The summed E-state index contributed by atoms with van der Waals surface area (Å²) in [6, 6.07) is 0. The number of carbonyl (C=O) groups excluding carboxylic acids is 1. The monoisotopic (exact) mass is 225 g/mol. The topological polar surface area (TPSA) is 104 Å². The number of carbonyl (C=O) groups is 1. The van der Waals surface area contributed by atoms with Gasteiger partial charge in [-0.3, -0.25) is 4.79 Å². The van der Waals surface area contributed by atoms with Crippen molar-refractivity contribution in [1.82, 2.24) is 5.32 Å². The van der Waals surface area contributed by atoms with Crippen LogP contribution in [0.3, 0.4) is 0 Å². The van der Waals surface area contributed by atoms with E-state index in [9.17, 15) is 4.79 Å². The highest BCUT2D eigenvalue weighted by molar-refractivity contribution is 5.84. The zero-order chi connectivity index (χ0) is 12.0. The Balaban J connectivity index is 2.31. The predicted octanol–water partition coefficient (Wildman–Crippen LogP) is 1.32. The van der Waals surface area contributed by atoms with Gasteiger partial charge in [0.1, 0.15) is 0 Å². The summed E-state index contributed by atoms with van der Waals surface area (Å²) in [7, 11) is 0. The molecule has 1 fully saturated rings. The van der Waals surface area contributed by atoms with Gasteiger partial charge in [0, 0.05) is 11.5 Å². The van der Waals surface area contributed by atoms with Gasteiger partial charge in [0.05, 0.1) is 5.54 Å². The molecule has 0 heterocycles. The molecular formula is C10H19N5O. The van der Waals surface area contributed by atoms with Crippen molar-refractivity contribution in [2.75, 3.05) is 13.1 Å². The van der Waals surface area contributed by atoms with E-state index in [0.717, 1.165) is 12.8 Å². The Labute approximate surface area is 95.2 Å². The van der Waals surface area contributed by atoms with E-state index < -0.39 is 5.54 Å². The molecule has 1 aliphatic rings. The Morgan fingerprint density at radius 2 is 2.38 bits per heavy atom. The minimum absolute atomic E-state index is 0.303. The molecule has 6 nitrogen and oxygen atoms in total. The summed E-state index contributed by atoms with van der Waals surface area (Å²) >= 11 is 0. The van der Waals surface area contributed by atoms with Gasteiger partial charge < -0.3 is 11.1 Å². The Kier molecular flexibility index (Phi) is 4.58. The molecule has 6 heteroatoms. The molecule has 90 valence electrons. The normalized spacial score (nSPS) is 18.6. The molecular weight excluding hydrogens is 206 g/mol. The van der Waals surface area contributed by atoms with E-state index in [4.69, 9.17) is 11.3 Å². The van der Waals surface area contributed by atoms with Crippen LogP contribution in [0.15, 0.2) is 5.11 Å². The summed E-state index contributed by atoms with van der Waals surface area (Å²) in [6.45, 7) is 2.94. The number of azide groups is 1. The van der Waals surface area contributed by atoms with Crippen LogP contribution in [0.1, 0.15) is 32.6 Å². The van der Waals surface area contributed by atoms with Crippen LogP contribution in [0.4, 0.5) is 0 Å². The SMILES string of the molecule is CC(CC1CC1)(NCCCN=[N+]=[N-])C(N)=O. The average Bonchev–Trinajstić information content (AvgIpc) is 3.01. The summed E-state index contributed by atoms with van der Waals surface area (Å²) in [5, 5.41) is 6.60. The van der Waals surface area contributed by atoms with E-state index in [1.54, 1.807) is 0 Å². The Hall–Kier alpha value is -1.26. The van der Waals surface area contributed by atoms with Crippen LogP contribution in [0.2, 0.25) is 0 Å². The third-order valence-electron chi connectivity index (χ3n) is 2.95. The minimum Gasteiger partial charge on any atom is -0.368 e. The quantitative estimate of drug-likeness (QED) is 0.281. The zero-order valence-corrected chi connectivity index (χ0v) is 9.65. The van der Waals surface area contributed by atoms with E-state index in [1.807, 2.05) is 6.92 Å². The third kappa shape index (κ3) is 4.08. The first-order chi connectivity index (χ1) is 7.58. The molecule has 0 aliphatic heterocycles. The van der Waals surface area contributed by atoms with Crippen molar-refractivity contribution in [2.45, 2.75) is 38.1 Å². The van der Waals surface area contributed by atoms with Crippen molar-refractivity contribution in [3.8, 4) is 0 Å². The van der Waals surface area contributed by atoms with E-state index in [2.05, 4.69) is 15.3 Å². The Bertz CT molecular complexity index is 296. The van der Waals surface area contributed by atoms with Crippen LogP contribution in [-0.4, -0.2) is 24.5 Å². The fourth-order valence-electron chi connectivity index (χ4n) is 1.72. The maximum atomic E-state index is 11.4. The van der Waals surface area contributed by atoms with Gasteiger partial charge in [-0.1, -0.05) is 18.0 Å². The molecule has 0 aromatic carbocycles. The Morgan fingerprint density at radius 1 is 1.69 bits per heavy atom. The molecule has 1 aliphatic carbocycles. The fraction of sp³-hybridized carbons (Fsp3) is 0.900. The minimum atomic E-state index is -0.614. The summed E-state index contributed by atoms with van der Waals surface area (Å²) in [5.41, 5.74) is 12.9. The van der Waals surface area contributed by atoms with Crippen LogP contribution in [0, 0.1) is 5.92 Å². The van der Waals surface area contributed by atoms with Crippen molar-refractivity contribution >= 4 is 5.91 Å². The lowest BCUT2D eigenvalue weighted by atomic mass is 9.94. The van der Waals surface area contributed by atoms with Gasteiger partial charge in [-0.2, -0.15) is 0 Å². The number of primary amides is 1. The summed E-state index contributed by atoms with van der Waals surface area (Å²) in [6.07, 6.45) is 3.92. The van der Waals surface area contributed by atoms with Crippen molar-refractivity contribution in [3.05, 3.63) is 10.4 Å². The number of hydrogen-bond donors (Lipinski definition) is 2. The number of nitrogens with one attached hydrogen (secondary N) is 1. The zero-order valence-electron chi connectivity index (χ0n) is 9.65. The van der Waals surface area contributed by atoms with Gasteiger partial charge in [0.25, 0.3) is 0 Å². The molecule has 1 amide bonds. The van der Waals surface area contributed by atoms with Crippen molar-refractivity contribution < 1.29 is 4.79 Å². The van der Waals surface area contributed by atoms with Gasteiger partial charge in [0.15, 0.2) is 0 Å². The molecule has 0 aromatic rings. The molecule has 1 rings (SSSR count). The van der Waals surface area contributed by atoms with Crippen molar-refractivity contribution in [1.29, 1.82) is 0 Å². The lowest BCUT2D eigenvalue weighted by Gasteiger charge is -2.27. The second-order valence-corrected chi connectivity index (χ2v) is 4.58. The van der Waals surface area contributed by atoms with Gasteiger partial charge in [0.2, 0.25) is 5.91 Å². The standard InChI is InChI=1S/C10H19N5O/c1-10(9(11)16,7-8-3-4-8)13-5-2-6-14-15-12/h8,13H,2-7H2,1H3,(H2,11,16). The maximum absolute atomic E-state index is 11.4. The smallest absolute Gasteiger partial charge is 0.237 e. The molecule has 0 bridgehead atoms. The first kappa shape index (κ1) is 12.8. The molecule has 1 unspecified atom stereocenters. The molecule has 0 radical (unpaired) electrons. The number of hydrogen-bond acceptors (Lipinski definition) is 3. The summed E-state index contributed by atoms with van der Waals surface area (Å²) in [5.74, 6) is 0.338. The first-order valence-corrected chi connectivity index (χ1v) is 5.64. The molecule has 3 N–H and O–H groups in total. The highest BCUT2D eigenvalue weighted by atomic mass is 16.1. The Morgan fingerprint density at radius 3 is 2.88 bits per heavy atom. The first-order valence-electron chi connectivity index (χ1n) is 5.64. The molecule has 1 saturated carbocycles. The van der Waals surface area contributed by atoms with Crippen LogP contribution in [0.25, 0.3) is 10.4 Å². The molecule has 0 saturated heterocycles. The second-order valence-electron chi connectivity index (χ2n) is 4.58. The number of nitrogens with two attached hydrogens (primary N) is 1. The average molecular weight is 225 g/mol. The van der Waals surface area contributed by atoms with Crippen LogP contribution in [-0.2, 0) is 4.79 Å². The lowest BCUT2D eigenvalue weighted by molar-refractivity contribution is -0.124. The van der Waals surface area contributed by atoms with Gasteiger partial charge in [-0.25, -0.2) is 0 Å². The lowest BCUT2D eigenvalue weighted by Crippen LogP contribution is -2.53. The second kappa shape index (κ2) is 5.72. The van der Waals surface area contributed by atoms with E-state index in [1.165, 1.54) is 12.8 Å². The number of nitrogens with zero attached hydrogens (tertiary/aromatic N) is 3. The van der Waals surface area contributed by atoms with Gasteiger partial charge >= 0.3 is 0 Å². The van der Waals surface area contributed by atoms with E-state index >= 15 is 0 Å². The number of rotatable bonds is 8. The highest BCUT2D eigenvalue weighted by Crippen LogP contribution is 2.36. The largest absolute Gasteiger partial charge is 0.368 e. The van der Waals surface area contributed by atoms with Crippen LogP contribution in [0.5, 0.6) is 0 Å². The molecule has 1 atom stereocenters. The van der Waals surface area contributed by atoms with E-state index in [-0.39, 0.29) is 5.91 Å². The molecule has 0 aromatic heterocycles. The molecule has 0 spiro atoms. The maximum Gasteiger partial charge on any atom is 0.237 e. The van der Waals surface area contributed by atoms with Crippen molar-refractivity contribution in [2.24, 2.45) is 16.8 Å². The van der Waals surface area contributed by atoms with Crippen LogP contribution >= 0.6 is 0 Å². The number of amides is 1. The van der Waals surface area contributed by atoms with Crippen LogP contribution < -0.4 is 11.1 Å². The van der Waals surface area contributed by atoms with E-state index in [0.29, 0.717) is 19.0 Å². The van der Waals surface area contributed by atoms with Gasteiger partial charge in [-0.05, 0) is 37.8 Å². The fourth-order valence-corrected chi connectivity index (χ4v) is 1.72. The summed E-state index contributed by atoms with van der Waals surface area (Å²) < 4.78 is 0. The summed E-state index contributed by atoms with van der Waals surface area (Å²) in [4.78, 5) is 14.1. The van der Waals surface area contributed by atoms with Gasteiger partial charge in [-0.15, -0.1) is 0 Å². The predicted molar refractivity (Wildman–Crippen MR) is 61.6 cm³/mol. The third-order valence-corrected chi connectivity index (χ3v) is 2.95. The van der Waals surface area contributed by atoms with Crippen molar-refractivity contribution in [3.63, 3.8) is 0 Å². The highest BCUT2D eigenvalue weighted by Gasteiger charge is 2.37.